The van der Waals surface area contributed by atoms with Crippen LogP contribution in [0.1, 0.15) is 58.3 Å². The molecule has 0 aromatic heterocycles. The fourth-order valence-corrected chi connectivity index (χ4v) is 3.90. The van der Waals surface area contributed by atoms with Gasteiger partial charge in [-0.05, 0) is 38.2 Å². The Morgan fingerprint density at radius 3 is 2.74 bits per heavy atom. The SMILES string of the molecule is CCCC(=O)N1CCCC1C1(/C=C\C=N)CCCC1. The normalized spacial score (nSPS) is 26.2. The minimum Gasteiger partial charge on any atom is -0.339 e. The number of hydrogen-bond donors (Lipinski definition) is 1. The first-order chi connectivity index (χ1) is 9.23. The number of allylic oxidation sites excluding steroid dienone is 1. The number of hydrogen-bond acceptors (Lipinski definition) is 2. The Hall–Kier alpha value is -1.12. The molecule has 1 aliphatic carbocycles. The number of nitrogens with zero attached hydrogens (tertiary/aromatic N) is 1. The van der Waals surface area contributed by atoms with E-state index in [1.807, 2.05) is 6.08 Å². The summed E-state index contributed by atoms with van der Waals surface area (Å²) in [5.41, 5.74) is 0.150. The molecule has 2 rings (SSSR count). The molecule has 19 heavy (non-hydrogen) atoms. The van der Waals surface area contributed by atoms with E-state index in [0.29, 0.717) is 18.4 Å². The van der Waals surface area contributed by atoms with Gasteiger partial charge in [-0.1, -0.05) is 25.8 Å². The lowest BCUT2D eigenvalue weighted by molar-refractivity contribution is -0.133. The third-order valence-corrected chi connectivity index (χ3v) is 4.76. The Morgan fingerprint density at radius 2 is 2.11 bits per heavy atom. The van der Waals surface area contributed by atoms with Crippen molar-refractivity contribution >= 4 is 12.1 Å². The summed E-state index contributed by atoms with van der Waals surface area (Å²) >= 11 is 0. The minimum absolute atomic E-state index is 0.150. The highest BCUT2D eigenvalue weighted by molar-refractivity contribution is 5.77. The molecular formula is C16H26N2O. The maximum Gasteiger partial charge on any atom is 0.222 e. The summed E-state index contributed by atoms with van der Waals surface area (Å²) in [7, 11) is 0. The number of carbonyl (C=O) groups excluding carboxylic acids is 1. The van der Waals surface area contributed by atoms with E-state index in [0.717, 1.165) is 25.8 Å². The molecule has 3 nitrogen and oxygen atoms in total. The minimum atomic E-state index is 0.150. The van der Waals surface area contributed by atoms with Gasteiger partial charge < -0.3 is 10.3 Å². The fraction of sp³-hybridized carbons (Fsp3) is 0.750. The molecule has 0 aromatic rings. The molecule has 0 aromatic carbocycles. The number of likely N-dealkylation sites (tertiary alicyclic amines) is 1. The third kappa shape index (κ3) is 2.90. The van der Waals surface area contributed by atoms with Crippen molar-refractivity contribution in [2.45, 2.75) is 64.3 Å². The van der Waals surface area contributed by atoms with Gasteiger partial charge in [-0.25, -0.2) is 0 Å². The molecular weight excluding hydrogens is 236 g/mol. The van der Waals surface area contributed by atoms with Crippen molar-refractivity contribution in [1.29, 1.82) is 5.41 Å². The van der Waals surface area contributed by atoms with E-state index in [1.54, 1.807) is 0 Å². The Bertz CT molecular complexity index is 356. The molecule has 2 aliphatic rings. The Morgan fingerprint density at radius 1 is 1.37 bits per heavy atom. The maximum absolute atomic E-state index is 12.3. The zero-order valence-electron chi connectivity index (χ0n) is 12.0. The first kappa shape index (κ1) is 14.3. The van der Waals surface area contributed by atoms with Crippen molar-refractivity contribution in [3.8, 4) is 0 Å². The van der Waals surface area contributed by atoms with Crippen molar-refractivity contribution in [2.75, 3.05) is 6.54 Å². The van der Waals surface area contributed by atoms with Gasteiger partial charge in [0.15, 0.2) is 0 Å². The topological polar surface area (TPSA) is 44.2 Å². The van der Waals surface area contributed by atoms with E-state index in [1.165, 1.54) is 31.9 Å². The van der Waals surface area contributed by atoms with Crippen LogP contribution in [0.4, 0.5) is 0 Å². The molecule has 1 atom stereocenters. The van der Waals surface area contributed by atoms with Crippen LogP contribution in [-0.4, -0.2) is 29.6 Å². The van der Waals surface area contributed by atoms with Gasteiger partial charge in [-0.2, -0.15) is 0 Å². The highest BCUT2D eigenvalue weighted by Crippen LogP contribution is 2.47. The highest BCUT2D eigenvalue weighted by atomic mass is 16.2. The summed E-state index contributed by atoms with van der Waals surface area (Å²) in [6.45, 7) is 3.01. The zero-order valence-corrected chi connectivity index (χ0v) is 12.0. The number of rotatable bonds is 5. The second-order valence-electron chi connectivity index (χ2n) is 5.96. The number of carbonyl (C=O) groups is 1. The molecule has 3 heteroatoms. The van der Waals surface area contributed by atoms with E-state index in [2.05, 4.69) is 17.9 Å². The Labute approximate surface area is 116 Å². The molecule has 1 N–H and O–H groups in total. The van der Waals surface area contributed by atoms with Crippen LogP contribution in [0.2, 0.25) is 0 Å². The van der Waals surface area contributed by atoms with Crippen molar-refractivity contribution < 1.29 is 4.79 Å². The summed E-state index contributed by atoms with van der Waals surface area (Å²) in [6, 6.07) is 0.380. The molecule has 1 saturated carbocycles. The predicted molar refractivity (Wildman–Crippen MR) is 78.5 cm³/mol. The second kappa shape index (κ2) is 6.36. The Balaban J connectivity index is 2.18. The second-order valence-corrected chi connectivity index (χ2v) is 5.96. The van der Waals surface area contributed by atoms with Crippen LogP contribution in [0.3, 0.4) is 0 Å². The van der Waals surface area contributed by atoms with Gasteiger partial charge >= 0.3 is 0 Å². The van der Waals surface area contributed by atoms with Gasteiger partial charge in [0.1, 0.15) is 0 Å². The molecule has 1 aliphatic heterocycles. The lowest BCUT2D eigenvalue weighted by atomic mass is 9.77. The summed E-state index contributed by atoms with van der Waals surface area (Å²) in [5, 5.41) is 7.23. The van der Waals surface area contributed by atoms with Crippen molar-refractivity contribution in [3.05, 3.63) is 12.2 Å². The standard InChI is InChI=1S/C16H26N2O/c1-2-7-15(19)18-13-5-8-14(18)16(11-6-12-17)9-3-4-10-16/h6,11-12,14,17H,2-5,7-10,13H2,1H3/b11-6-,17-12?. The van der Waals surface area contributed by atoms with Crippen LogP contribution in [0.5, 0.6) is 0 Å². The van der Waals surface area contributed by atoms with Crippen LogP contribution in [0.15, 0.2) is 12.2 Å². The lowest BCUT2D eigenvalue weighted by Crippen LogP contribution is -2.45. The average molecular weight is 262 g/mol. The van der Waals surface area contributed by atoms with Gasteiger partial charge in [-0.3, -0.25) is 4.79 Å². The predicted octanol–water partition coefficient (Wildman–Crippen LogP) is 3.54. The molecule has 0 bridgehead atoms. The quantitative estimate of drug-likeness (QED) is 0.757. The van der Waals surface area contributed by atoms with Gasteiger partial charge in [0.25, 0.3) is 0 Å². The van der Waals surface area contributed by atoms with E-state index >= 15 is 0 Å². The fourth-order valence-electron chi connectivity index (χ4n) is 3.90. The molecule has 1 unspecified atom stereocenters. The van der Waals surface area contributed by atoms with Gasteiger partial charge in [0.2, 0.25) is 5.91 Å². The van der Waals surface area contributed by atoms with Gasteiger partial charge in [-0.15, -0.1) is 0 Å². The van der Waals surface area contributed by atoms with E-state index in [9.17, 15) is 4.79 Å². The third-order valence-electron chi connectivity index (χ3n) is 4.76. The summed E-state index contributed by atoms with van der Waals surface area (Å²) in [4.78, 5) is 14.4. The van der Waals surface area contributed by atoms with Crippen molar-refractivity contribution in [2.24, 2.45) is 5.41 Å². The smallest absolute Gasteiger partial charge is 0.222 e. The largest absolute Gasteiger partial charge is 0.339 e. The van der Waals surface area contributed by atoms with E-state index < -0.39 is 0 Å². The molecule has 1 heterocycles. The Kier molecular flexibility index (Phi) is 4.78. The van der Waals surface area contributed by atoms with E-state index in [4.69, 9.17) is 5.41 Å². The maximum atomic E-state index is 12.3. The number of nitrogens with one attached hydrogen (secondary N) is 1. The summed E-state index contributed by atoms with van der Waals surface area (Å²) in [6.07, 6.45) is 14.2. The van der Waals surface area contributed by atoms with Crippen LogP contribution >= 0.6 is 0 Å². The first-order valence-corrected chi connectivity index (χ1v) is 7.71. The van der Waals surface area contributed by atoms with Crippen LogP contribution in [0.25, 0.3) is 0 Å². The molecule has 1 saturated heterocycles. The van der Waals surface area contributed by atoms with Crippen LogP contribution in [0, 0.1) is 10.8 Å². The van der Waals surface area contributed by atoms with Gasteiger partial charge in [0, 0.05) is 30.6 Å². The van der Waals surface area contributed by atoms with Crippen LogP contribution in [-0.2, 0) is 4.79 Å². The summed E-state index contributed by atoms with van der Waals surface area (Å²) < 4.78 is 0. The molecule has 0 spiro atoms. The van der Waals surface area contributed by atoms with Crippen molar-refractivity contribution in [1.82, 2.24) is 4.90 Å². The van der Waals surface area contributed by atoms with Crippen molar-refractivity contribution in [3.63, 3.8) is 0 Å². The first-order valence-electron chi connectivity index (χ1n) is 7.71. The lowest BCUT2D eigenvalue weighted by Gasteiger charge is -2.38. The molecule has 106 valence electrons. The molecule has 0 radical (unpaired) electrons. The van der Waals surface area contributed by atoms with Crippen LogP contribution < -0.4 is 0 Å². The molecule has 2 fully saturated rings. The van der Waals surface area contributed by atoms with Gasteiger partial charge in [0.05, 0.1) is 0 Å². The molecule has 1 amide bonds. The van der Waals surface area contributed by atoms with E-state index in [-0.39, 0.29) is 5.41 Å². The zero-order chi connectivity index (χ0) is 13.7. The number of amides is 1. The highest BCUT2D eigenvalue weighted by Gasteiger charge is 2.45. The average Bonchev–Trinajstić information content (AvgIpc) is 3.06. The summed E-state index contributed by atoms with van der Waals surface area (Å²) in [5.74, 6) is 0.333. The monoisotopic (exact) mass is 262 g/mol.